The van der Waals surface area contributed by atoms with E-state index >= 15 is 0 Å². The Hall–Kier alpha value is -1.93. The van der Waals surface area contributed by atoms with Crippen molar-refractivity contribution >= 4 is 17.5 Å². The second-order valence-electron chi connectivity index (χ2n) is 4.08. The molecule has 0 spiro atoms. The molecule has 0 saturated heterocycles. The number of carbonyl (C=O) groups excluding carboxylic acids is 1. The monoisotopic (exact) mass is 298 g/mol. The Balaban J connectivity index is 1.95. The highest BCUT2D eigenvalue weighted by molar-refractivity contribution is 6.28. The largest absolute Gasteiger partial charge is 0.383 e. The zero-order valence-electron chi connectivity index (χ0n) is 11.2. The van der Waals surface area contributed by atoms with E-state index in [1.54, 1.807) is 26.7 Å². The number of nitrogens with one attached hydrogen (secondary N) is 1. The smallest absolute Gasteiger partial charge is 0.291 e. The summed E-state index contributed by atoms with van der Waals surface area (Å²) in [5, 5.41) is 6.79. The number of nitrogens with zero attached hydrogens (tertiary/aromatic N) is 5. The van der Waals surface area contributed by atoms with Gasteiger partial charge in [0.15, 0.2) is 0 Å². The van der Waals surface area contributed by atoms with E-state index in [4.69, 9.17) is 16.3 Å². The Morgan fingerprint density at radius 1 is 1.55 bits per heavy atom. The molecule has 0 fully saturated rings. The van der Waals surface area contributed by atoms with E-state index in [0.717, 1.165) is 5.69 Å². The molecule has 8 nitrogen and oxygen atoms in total. The summed E-state index contributed by atoms with van der Waals surface area (Å²) in [6, 6.07) is 0. The molecule has 0 bridgehead atoms. The van der Waals surface area contributed by atoms with Crippen LogP contribution in [-0.4, -0.2) is 43.9 Å². The molecular formula is C11H15ClN6O2. The number of aromatic nitrogens is 5. The summed E-state index contributed by atoms with van der Waals surface area (Å²) in [6.45, 7) is 1.59. The molecule has 2 heterocycles. The van der Waals surface area contributed by atoms with Gasteiger partial charge < -0.3 is 14.6 Å². The fraction of sp³-hybridized carbons (Fsp3) is 0.455. The van der Waals surface area contributed by atoms with Gasteiger partial charge in [0.05, 0.1) is 25.2 Å². The highest BCUT2D eigenvalue weighted by atomic mass is 35.5. The Kier molecular flexibility index (Phi) is 4.70. The molecule has 0 radical (unpaired) electrons. The molecule has 0 aromatic carbocycles. The van der Waals surface area contributed by atoms with Gasteiger partial charge in [-0.3, -0.25) is 4.79 Å². The van der Waals surface area contributed by atoms with Crippen molar-refractivity contribution < 1.29 is 9.53 Å². The van der Waals surface area contributed by atoms with Crippen LogP contribution >= 0.6 is 11.6 Å². The molecule has 0 atom stereocenters. The molecule has 0 saturated carbocycles. The van der Waals surface area contributed by atoms with Gasteiger partial charge in [-0.15, -0.1) is 5.10 Å². The highest BCUT2D eigenvalue weighted by Gasteiger charge is 2.14. The summed E-state index contributed by atoms with van der Waals surface area (Å²) in [4.78, 5) is 19.8. The fourth-order valence-electron chi connectivity index (χ4n) is 1.60. The molecule has 2 aromatic rings. The van der Waals surface area contributed by atoms with E-state index in [2.05, 4.69) is 20.4 Å². The Bertz CT molecular complexity index is 574. The van der Waals surface area contributed by atoms with Crippen molar-refractivity contribution in [3.63, 3.8) is 0 Å². The first kappa shape index (κ1) is 14.5. The summed E-state index contributed by atoms with van der Waals surface area (Å²) in [7, 11) is 3.25. The van der Waals surface area contributed by atoms with Crippen molar-refractivity contribution in [2.75, 3.05) is 13.7 Å². The van der Waals surface area contributed by atoms with Crippen LogP contribution in [0, 0.1) is 0 Å². The summed E-state index contributed by atoms with van der Waals surface area (Å²) in [6.07, 6.45) is 3.38. The molecular weight excluding hydrogens is 284 g/mol. The number of hydrogen-bond acceptors (Lipinski definition) is 5. The number of rotatable bonds is 6. The van der Waals surface area contributed by atoms with E-state index in [0.29, 0.717) is 19.7 Å². The molecule has 1 amide bonds. The Morgan fingerprint density at radius 2 is 2.35 bits per heavy atom. The van der Waals surface area contributed by atoms with Crippen molar-refractivity contribution in [1.82, 2.24) is 29.6 Å². The molecule has 0 unspecified atom stereocenters. The summed E-state index contributed by atoms with van der Waals surface area (Å²) < 4.78 is 8.25. The van der Waals surface area contributed by atoms with Crippen LogP contribution in [0.1, 0.15) is 16.3 Å². The quantitative estimate of drug-likeness (QED) is 0.825. The molecule has 20 heavy (non-hydrogen) atoms. The van der Waals surface area contributed by atoms with Crippen LogP contribution < -0.4 is 5.32 Å². The molecule has 108 valence electrons. The predicted octanol–water partition coefficient (Wildman–Crippen LogP) is 0.241. The molecule has 1 N–H and O–H groups in total. The number of carbonyl (C=O) groups is 1. The third-order valence-electron chi connectivity index (χ3n) is 2.68. The average Bonchev–Trinajstić information content (AvgIpc) is 3.01. The molecule has 9 heteroatoms. The van der Waals surface area contributed by atoms with E-state index in [1.165, 1.54) is 4.68 Å². The van der Waals surface area contributed by atoms with Crippen molar-refractivity contribution in [3.05, 3.63) is 29.3 Å². The molecule has 0 aliphatic heterocycles. The normalized spacial score (nSPS) is 10.8. The van der Waals surface area contributed by atoms with Crippen LogP contribution in [0.5, 0.6) is 0 Å². The van der Waals surface area contributed by atoms with Crippen LogP contribution in [0.25, 0.3) is 0 Å². The number of halogens is 1. The van der Waals surface area contributed by atoms with Crippen molar-refractivity contribution in [3.8, 4) is 0 Å². The van der Waals surface area contributed by atoms with Crippen molar-refractivity contribution in [1.29, 1.82) is 0 Å². The Morgan fingerprint density at radius 3 is 3.00 bits per heavy atom. The van der Waals surface area contributed by atoms with Gasteiger partial charge in [0.1, 0.15) is 0 Å². The van der Waals surface area contributed by atoms with E-state index in [1.807, 2.05) is 4.57 Å². The first-order valence-electron chi connectivity index (χ1n) is 5.94. The van der Waals surface area contributed by atoms with E-state index < -0.39 is 0 Å². The minimum atomic E-state index is -0.382. The summed E-state index contributed by atoms with van der Waals surface area (Å²) >= 11 is 5.74. The lowest BCUT2D eigenvalue weighted by Crippen LogP contribution is -2.25. The Labute approximate surface area is 120 Å². The number of aryl methyl sites for hydroxylation is 1. The maximum atomic E-state index is 11.9. The molecule has 0 aliphatic rings. The zero-order chi connectivity index (χ0) is 14.5. The summed E-state index contributed by atoms with van der Waals surface area (Å²) in [5.74, 6) is -0.340. The van der Waals surface area contributed by atoms with Gasteiger partial charge in [-0.25, -0.2) is 9.67 Å². The van der Waals surface area contributed by atoms with Gasteiger partial charge in [0.25, 0.3) is 5.91 Å². The molecule has 2 aromatic heterocycles. The summed E-state index contributed by atoms with van der Waals surface area (Å²) in [5.41, 5.74) is 0.873. The van der Waals surface area contributed by atoms with Crippen molar-refractivity contribution in [2.45, 2.75) is 13.1 Å². The maximum Gasteiger partial charge on any atom is 0.291 e. The highest BCUT2D eigenvalue weighted by Crippen LogP contribution is 2.04. The minimum absolute atomic E-state index is 0.0421. The zero-order valence-corrected chi connectivity index (χ0v) is 12.0. The topological polar surface area (TPSA) is 86.9 Å². The molecule has 2 rings (SSSR count). The van der Waals surface area contributed by atoms with Gasteiger partial charge in [-0.05, 0) is 11.6 Å². The third-order valence-corrected chi connectivity index (χ3v) is 3.01. The first-order chi connectivity index (χ1) is 9.61. The number of methoxy groups -OCH3 is 1. The van der Waals surface area contributed by atoms with Crippen LogP contribution in [0.2, 0.25) is 5.28 Å². The van der Waals surface area contributed by atoms with Gasteiger partial charge in [0, 0.05) is 26.9 Å². The maximum absolute atomic E-state index is 11.9. The molecule has 0 aliphatic carbocycles. The lowest BCUT2D eigenvalue weighted by Gasteiger charge is -2.07. The second kappa shape index (κ2) is 6.49. The van der Waals surface area contributed by atoms with Crippen molar-refractivity contribution in [2.24, 2.45) is 7.05 Å². The fourth-order valence-corrected chi connectivity index (χ4v) is 1.72. The number of imidazole rings is 1. The number of hydrogen-bond donors (Lipinski definition) is 1. The SMILES string of the molecule is COCCn1cncc1CNC(=O)c1nc(Cl)n(C)n1. The third kappa shape index (κ3) is 3.34. The second-order valence-corrected chi connectivity index (χ2v) is 4.42. The average molecular weight is 299 g/mol. The van der Waals surface area contributed by atoms with Gasteiger partial charge >= 0.3 is 0 Å². The van der Waals surface area contributed by atoms with E-state index in [-0.39, 0.29) is 17.0 Å². The standard InChI is InChI=1S/C11H15ClN6O2/c1-17-11(12)15-9(16-17)10(19)14-6-8-5-13-7-18(8)3-4-20-2/h5,7H,3-4,6H2,1-2H3,(H,14,19). The predicted molar refractivity (Wildman–Crippen MR) is 71.3 cm³/mol. The lowest BCUT2D eigenvalue weighted by molar-refractivity contribution is 0.0939. The van der Waals surface area contributed by atoms with Crippen LogP contribution in [0.4, 0.5) is 0 Å². The van der Waals surface area contributed by atoms with Gasteiger partial charge in [-0.1, -0.05) is 0 Å². The van der Waals surface area contributed by atoms with E-state index in [9.17, 15) is 4.79 Å². The lowest BCUT2D eigenvalue weighted by atomic mass is 10.4. The van der Waals surface area contributed by atoms with Crippen LogP contribution in [0.3, 0.4) is 0 Å². The number of amides is 1. The van der Waals surface area contributed by atoms with Crippen LogP contribution in [-0.2, 0) is 24.9 Å². The number of ether oxygens (including phenoxy) is 1. The first-order valence-corrected chi connectivity index (χ1v) is 6.32. The minimum Gasteiger partial charge on any atom is -0.383 e. The van der Waals surface area contributed by atoms with Gasteiger partial charge in [-0.2, -0.15) is 4.98 Å². The van der Waals surface area contributed by atoms with Gasteiger partial charge in [0.2, 0.25) is 11.1 Å². The van der Waals surface area contributed by atoms with Crippen LogP contribution in [0.15, 0.2) is 12.5 Å².